The minimum Gasteiger partial charge on any atom is -0.492 e. The third kappa shape index (κ3) is 6.07. The summed E-state index contributed by atoms with van der Waals surface area (Å²) in [5, 5.41) is 14.8. The number of nitrogens with one attached hydrogen (secondary N) is 2. The number of rotatable bonds is 9. The molecule has 1 saturated heterocycles. The molecule has 0 bridgehead atoms. The molecule has 3 N–H and O–H groups in total. The quantitative estimate of drug-likeness (QED) is 0.608. The number of carbonyl (C=O) groups is 1. The average Bonchev–Trinajstić information content (AvgIpc) is 3.05. The van der Waals surface area contributed by atoms with E-state index in [1.165, 1.54) is 19.0 Å². The molecule has 1 aliphatic rings. The van der Waals surface area contributed by atoms with Gasteiger partial charge in [-0.05, 0) is 50.2 Å². The first-order valence-electron chi connectivity index (χ1n) is 7.67. The summed E-state index contributed by atoms with van der Waals surface area (Å²) in [5.41, 5.74) is 7.87. The van der Waals surface area contributed by atoms with Crippen LogP contribution in [0.1, 0.15) is 19.3 Å². The third-order valence-corrected chi connectivity index (χ3v) is 3.61. The highest BCUT2D eigenvalue weighted by molar-refractivity contribution is 5.70. The van der Waals surface area contributed by atoms with Crippen LogP contribution in [0.25, 0.3) is 0 Å². The predicted octanol–water partition coefficient (Wildman–Crippen LogP) is 2.92. The van der Waals surface area contributed by atoms with Crippen molar-refractivity contribution < 1.29 is 14.6 Å². The summed E-state index contributed by atoms with van der Waals surface area (Å²) >= 11 is 0. The fourth-order valence-electron chi connectivity index (χ4n) is 2.39. The van der Waals surface area contributed by atoms with Gasteiger partial charge in [0.25, 0.3) is 0 Å². The second-order valence-electron chi connectivity index (χ2n) is 5.38. The second-order valence-corrected chi connectivity index (χ2v) is 5.38. The Morgan fingerprint density at radius 3 is 2.65 bits per heavy atom. The SMILES string of the molecule is N=N/C(=C\Nc1ccc(OCCN2CCCC2)cc1)CC(=O)O. The summed E-state index contributed by atoms with van der Waals surface area (Å²) in [6.07, 6.45) is 3.70. The molecule has 2 rings (SSSR count). The molecule has 0 aromatic heterocycles. The summed E-state index contributed by atoms with van der Waals surface area (Å²) in [4.78, 5) is 13.0. The Hall–Kier alpha value is -2.41. The van der Waals surface area contributed by atoms with E-state index in [0.717, 1.165) is 31.1 Å². The first-order valence-corrected chi connectivity index (χ1v) is 7.67. The number of carboxylic acids is 1. The van der Waals surface area contributed by atoms with Gasteiger partial charge in [-0.2, -0.15) is 5.11 Å². The number of hydrogen-bond acceptors (Lipinski definition) is 6. The van der Waals surface area contributed by atoms with Gasteiger partial charge in [0.05, 0.1) is 12.1 Å². The number of carboxylic acid groups (broad SMARTS) is 1. The molecule has 0 atom stereocenters. The summed E-state index contributed by atoms with van der Waals surface area (Å²) in [6.45, 7) is 3.95. The Kier molecular flexibility index (Phi) is 6.56. The molecule has 1 aliphatic heterocycles. The van der Waals surface area contributed by atoms with Crippen molar-refractivity contribution in [3.8, 4) is 5.75 Å². The fourth-order valence-corrected chi connectivity index (χ4v) is 2.39. The standard InChI is InChI=1S/C16H22N4O3/c17-19-14(11-16(21)22)12-18-13-3-5-15(6-4-13)23-10-9-20-7-1-2-8-20/h3-6,12,17-18H,1-2,7-11H2,(H,21,22)/b14-12-,19-17?. The monoisotopic (exact) mass is 318 g/mol. The van der Waals surface area contributed by atoms with Gasteiger partial charge in [0.1, 0.15) is 12.4 Å². The van der Waals surface area contributed by atoms with E-state index >= 15 is 0 Å². The van der Waals surface area contributed by atoms with E-state index in [0.29, 0.717) is 6.61 Å². The van der Waals surface area contributed by atoms with Gasteiger partial charge in [-0.3, -0.25) is 9.69 Å². The van der Waals surface area contributed by atoms with E-state index in [1.807, 2.05) is 24.3 Å². The molecule has 23 heavy (non-hydrogen) atoms. The van der Waals surface area contributed by atoms with Gasteiger partial charge in [0.15, 0.2) is 0 Å². The van der Waals surface area contributed by atoms with Crippen LogP contribution in [0.2, 0.25) is 0 Å². The van der Waals surface area contributed by atoms with Crippen LogP contribution >= 0.6 is 0 Å². The zero-order valence-electron chi connectivity index (χ0n) is 13.0. The molecule has 124 valence electrons. The van der Waals surface area contributed by atoms with Gasteiger partial charge in [-0.25, -0.2) is 5.53 Å². The van der Waals surface area contributed by atoms with Crippen molar-refractivity contribution in [3.05, 3.63) is 36.2 Å². The first kappa shape index (κ1) is 17.0. The molecular formula is C16H22N4O3. The highest BCUT2D eigenvalue weighted by Crippen LogP contribution is 2.17. The Balaban J connectivity index is 1.78. The largest absolute Gasteiger partial charge is 0.492 e. The molecule has 1 aromatic rings. The van der Waals surface area contributed by atoms with Crippen LogP contribution in [0.15, 0.2) is 41.3 Å². The fraction of sp³-hybridized carbons (Fsp3) is 0.438. The second kappa shape index (κ2) is 8.89. The normalized spacial score (nSPS) is 15.4. The summed E-state index contributed by atoms with van der Waals surface area (Å²) in [5.74, 6) is -0.217. The Morgan fingerprint density at radius 2 is 2.04 bits per heavy atom. The zero-order valence-corrected chi connectivity index (χ0v) is 13.0. The topological polar surface area (TPSA) is 98.0 Å². The van der Waals surface area contributed by atoms with Gasteiger partial charge in [0.2, 0.25) is 0 Å². The van der Waals surface area contributed by atoms with Crippen LogP contribution in [0.5, 0.6) is 5.75 Å². The van der Waals surface area contributed by atoms with Crippen LogP contribution < -0.4 is 10.1 Å². The average molecular weight is 318 g/mol. The summed E-state index contributed by atoms with van der Waals surface area (Å²) in [6, 6.07) is 7.39. The van der Waals surface area contributed by atoms with Gasteiger partial charge in [0, 0.05) is 18.4 Å². The number of anilines is 1. The number of benzene rings is 1. The molecule has 0 amide bonds. The maximum absolute atomic E-state index is 10.6. The minimum atomic E-state index is -1.02. The van der Waals surface area contributed by atoms with Gasteiger partial charge in [-0.1, -0.05) is 0 Å². The summed E-state index contributed by atoms with van der Waals surface area (Å²) in [7, 11) is 0. The van der Waals surface area contributed by atoms with E-state index < -0.39 is 5.97 Å². The van der Waals surface area contributed by atoms with Crippen LogP contribution in [-0.2, 0) is 4.79 Å². The Bertz CT molecular complexity index is 551. The zero-order chi connectivity index (χ0) is 16.5. The van der Waals surface area contributed by atoms with Crippen LogP contribution in [0.4, 0.5) is 5.69 Å². The van der Waals surface area contributed by atoms with Crippen molar-refractivity contribution >= 4 is 11.7 Å². The van der Waals surface area contributed by atoms with Crippen molar-refractivity contribution in [2.24, 2.45) is 5.11 Å². The van der Waals surface area contributed by atoms with Crippen molar-refractivity contribution in [3.63, 3.8) is 0 Å². The van der Waals surface area contributed by atoms with Crippen molar-refractivity contribution in [2.45, 2.75) is 19.3 Å². The molecule has 7 heteroatoms. The summed E-state index contributed by atoms with van der Waals surface area (Å²) < 4.78 is 5.71. The van der Waals surface area contributed by atoms with Crippen LogP contribution in [0, 0.1) is 5.53 Å². The third-order valence-electron chi connectivity index (χ3n) is 3.61. The lowest BCUT2D eigenvalue weighted by Crippen LogP contribution is -2.25. The molecule has 0 spiro atoms. The van der Waals surface area contributed by atoms with E-state index in [9.17, 15) is 4.79 Å². The Morgan fingerprint density at radius 1 is 1.35 bits per heavy atom. The molecule has 1 heterocycles. The number of aliphatic carboxylic acids is 1. The molecule has 0 radical (unpaired) electrons. The molecule has 0 aliphatic carbocycles. The highest BCUT2D eigenvalue weighted by Gasteiger charge is 2.10. The molecule has 0 saturated carbocycles. The van der Waals surface area contributed by atoms with Gasteiger partial charge in [-0.15, -0.1) is 0 Å². The maximum Gasteiger partial charge on any atom is 0.309 e. The minimum absolute atomic E-state index is 0.156. The van der Waals surface area contributed by atoms with E-state index in [4.69, 9.17) is 15.4 Å². The lowest BCUT2D eigenvalue weighted by atomic mass is 10.3. The number of likely N-dealkylation sites (tertiary alicyclic amines) is 1. The smallest absolute Gasteiger partial charge is 0.309 e. The van der Waals surface area contributed by atoms with E-state index in [-0.39, 0.29) is 12.1 Å². The van der Waals surface area contributed by atoms with Crippen molar-refractivity contribution in [2.75, 3.05) is 31.6 Å². The number of hydrogen-bond donors (Lipinski definition) is 3. The molecule has 0 unspecified atom stereocenters. The molecular weight excluding hydrogens is 296 g/mol. The Labute approximate surface area is 135 Å². The van der Waals surface area contributed by atoms with E-state index in [2.05, 4.69) is 15.3 Å². The predicted molar refractivity (Wildman–Crippen MR) is 86.7 cm³/mol. The van der Waals surface area contributed by atoms with E-state index in [1.54, 1.807) is 0 Å². The first-order chi connectivity index (χ1) is 11.2. The molecule has 1 aromatic carbocycles. The number of nitrogens with zero attached hydrogens (tertiary/aromatic N) is 2. The maximum atomic E-state index is 10.6. The van der Waals surface area contributed by atoms with Gasteiger partial charge >= 0.3 is 5.97 Å². The molecule has 7 nitrogen and oxygen atoms in total. The van der Waals surface area contributed by atoms with Crippen LogP contribution in [-0.4, -0.2) is 42.2 Å². The highest BCUT2D eigenvalue weighted by atomic mass is 16.5. The number of ether oxygens (including phenoxy) is 1. The lowest BCUT2D eigenvalue weighted by molar-refractivity contribution is -0.136. The van der Waals surface area contributed by atoms with Gasteiger partial charge < -0.3 is 15.2 Å². The van der Waals surface area contributed by atoms with Crippen LogP contribution in [0.3, 0.4) is 0 Å². The van der Waals surface area contributed by atoms with Crippen molar-refractivity contribution in [1.82, 2.24) is 4.90 Å². The molecule has 1 fully saturated rings. The lowest BCUT2D eigenvalue weighted by Gasteiger charge is -2.15. The van der Waals surface area contributed by atoms with Crippen molar-refractivity contribution in [1.29, 1.82) is 5.53 Å².